The molecule has 1 rings (SSSR count). The Morgan fingerprint density at radius 2 is 2.00 bits per heavy atom. The van der Waals surface area contributed by atoms with Crippen LogP contribution in [0.4, 0.5) is 0 Å². The Morgan fingerprint density at radius 1 is 1.38 bits per heavy atom. The summed E-state index contributed by atoms with van der Waals surface area (Å²) in [7, 11) is 1.34. The zero-order chi connectivity index (χ0) is 12.0. The van der Waals surface area contributed by atoms with Crippen LogP contribution in [0.1, 0.15) is 26.2 Å². The molecule has 0 radical (unpaired) electrons. The first-order valence-electron chi connectivity index (χ1n) is 5.69. The van der Waals surface area contributed by atoms with Crippen LogP contribution in [0.15, 0.2) is 12.2 Å². The molecule has 4 heteroatoms. The van der Waals surface area contributed by atoms with E-state index in [2.05, 4.69) is 4.74 Å². The zero-order valence-corrected chi connectivity index (χ0v) is 9.94. The molecule has 0 bridgehead atoms. The van der Waals surface area contributed by atoms with Gasteiger partial charge in [0.1, 0.15) is 6.54 Å². The SMILES string of the molecule is CCCN(CC(=O)OC)C(=O)C1CC=CC1. The molecule has 0 heterocycles. The van der Waals surface area contributed by atoms with Gasteiger partial charge in [0.15, 0.2) is 0 Å². The van der Waals surface area contributed by atoms with Crippen molar-refractivity contribution in [1.82, 2.24) is 4.90 Å². The van der Waals surface area contributed by atoms with Crippen molar-refractivity contribution in [3.8, 4) is 0 Å². The molecular weight excluding hydrogens is 206 g/mol. The Morgan fingerprint density at radius 3 is 2.50 bits per heavy atom. The van der Waals surface area contributed by atoms with E-state index in [9.17, 15) is 9.59 Å². The first-order chi connectivity index (χ1) is 7.69. The normalized spacial score (nSPS) is 15.1. The molecule has 0 spiro atoms. The number of allylic oxidation sites excluding steroid dienone is 2. The molecule has 90 valence electrons. The molecule has 0 fully saturated rings. The fraction of sp³-hybridized carbons (Fsp3) is 0.667. The van der Waals surface area contributed by atoms with Gasteiger partial charge in [-0.3, -0.25) is 9.59 Å². The van der Waals surface area contributed by atoms with Crippen molar-refractivity contribution < 1.29 is 14.3 Å². The second kappa shape index (κ2) is 6.30. The van der Waals surface area contributed by atoms with Gasteiger partial charge in [0, 0.05) is 12.5 Å². The molecule has 1 aliphatic rings. The second-order valence-electron chi connectivity index (χ2n) is 3.98. The minimum absolute atomic E-state index is 0.0243. The Hall–Kier alpha value is -1.32. The molecule has 0 atom stereocenters. The van der Waals surface area contributed by atoms with E-state index in [0.29, 0.717) is 6.54 Å². The van der Waals surface area contributed by atoms with E-state index in [1.165, 1.54) is 7.11 Å². The van der Waals surface area contributed by atoms with Gasteiger partial charge in [0.2, 0.25) is 5.91 Å². The van der Waals surface area contributed by atoms with Gasteiger partial charge >= 0.3 is 5.97 Å². The third-order valence-corrected chi connectivity index (χ3v) is 2.71. The first kappa shape index (κ1) is 12.7. The largest absolute Gasteiger partial charge is 0.468 e. The molecule has 0 aromatic carbocycles. The summed E-state index contributed by atoms with van der Waals surface area (Å²) < 4.78 is 4.59. The van der Waals surface area contributed by atoms with Gasteiger partial charge in [-0.2, -0.15) is 0 Å². The van der Waals surface area contributed by atoms with Crippen molar-refractivity contribution in [2.24, 2.45) is 5.92 Å². The predicted octanol–water partition coefficient (Wildman–Crippen LogP) is 1.36. The lowest BCUT2D eigenvalue weighted by atomic mass is 10.1. The van der Waals surface area contributed by atoms with Gasteiger partial charge in [-0.1, -0.05) is 19.1 Å². The summed E-state index contributed by atoms with van der Waals surface area (Å²) in [6, 6.07) is 0. The van der Waals surface area contributed by atoms with E-state index in [4.69, 9.17) is 0 Å². The van der Waals surface area contributed by atoms with Crippen molar-refractivity contribution in [2.75, 3.05) is 20.2 Å². The molecule has 0 N–H and O–H groups in total. The van der Waals surface area contributed by atoms with Crippen LogP contribution < -0.4 is 0 Å². The summed E-state index contributed by atoms with van der Waals surface area (Å²) in [6.45, 7) is 2.68. The van der Waals surface area contributed by atoms with Crippen molar-refractivity contribution in [1.29, 1.82) is 0 Å². The standard InChI is InChI=1S/C12H19NO3/c1-3-8-13(9-11(14)16-2)12(15)10-6-4-5-7-10/h4-5,10H,3,6-9H2,1-2H3. The summed E-state index contributed by atoms with van der Waals surface area (Å²) >= 11 is 0. The number of rotatable bonds is 5. The molecule has 16 heavy (non-hydrogen) atoms. The quantitative estimate of drug-likeness (QED) is 0.524. The van der Waals surface area contributed by atoms with Crippen LogP contribution in [0.3, 0.4) is 0 Å². The molecular formula is C12H19NO3. The predicted molar refractivity (Wildman–Crippen MR) is 60.8 cm³/mol. The highest BCUT2D eigenvalue weighted by Crippen LogP contribution is 2.20. The highest BCUT2D eigenvalue weighted by molar-refractivity contribution is 5.84. The highest BCUT2D eigenvalue weighted by atomic mass is 16.5. The number of esters is 1. The number of hydrogen-bond acceptors (Lipinski definition) is 3. The van der Waals surface area contributed by atoms with E-state index in [-0.39, 0.29) is 24.3 Å². The monoisotopic (exact) mass is 225 g/mol. The van der Waals surface area contributed by atoms with Crippen LogP contribution in [-0.2, 0) is 14.3 Å². The lowest BCUT2D eigenvalue weighted by Gasteiger charge is -2.23. The molecule has 1 amide bonds. The van der Waals surface area contributed by atoms with Crippen molar-refractivity contribution in [3.05, 3.63) is 12.2 Å². The van der Waals surface area contributed by atoms with E-state index in [1.54, 1.807) is 4.90 Å². The summed E-state index contributed by atoms with van der Waals surface area (Å²) in [5.74, 6) is -0.263. The van der Waals surface area contributed by atoms with Crippen molar-refractivity contribution in [3.63, 3.8) is 0 Å². The molecule has 0 aromatic heterocycles. The minimum atomic E-state index is -0.354. The van der Waals surface area contributed by atoms with Crippen molar-refractivity contribution in [2.45, 2.75) is 26.2 Å². The maximum absolute atomic E-state index is 12.1. The van der Waals surface area contributed by atoms with Crippen LogP contribution in [0, 0.1) is 5.92 Å². The van der Waals surface area contributed by atoms with Gasteiger partial charge in [0.05, 0.1) is 7.11 Å². The van der Waals surface area contributed by atoms with Gasteiger partial charge < -0.3 is 9.64 Å². The number of amides is 1. The number of hydrogen-bond donors (Lipinski definition) is 0. The van der Waals surface area contributed by atoms with Crippen LogP contribution >= 0.6 is 0 Å². The van der Waals surface area contributed by atoms with E-state index >= 15 is 0 Å². The van der Waals surface area contributed by atoms with Gasteiger partial charge in [-0.15, -0.1) is 0 Å². The van der Waals surface area contributed by atoms with E-state index in [1.807, 2.05) is 19.1 Å². The van der Waals surface area contributed by atoms with Gasteiger partial charge in [-0.05, 0) is 19.3 Å². The number of methoxy groups -OCH3 is 1. The number of nitrogens with zero attached hydrogens (tertiary/aromatic N) is 1. The Balaban J connectivity index is 2.54. The number of carbonyl (C=O) groups is 2. The summed E-state index contributed by atoms with van der Waals surface area (Å²) in [6.07, 6.45) is 6.47. The maximum atomic E-state index is 12.1. The zero-order valence-electron chi connectivity index (χ0n) is 9.94. The molecule has 0 aromatic rings. The minimum Gasteiger partial charge on any atom is -0.468 e. The van der Waals surface area contributed by atoms with Crippen molar-refractivity contribution >= 4 is 11.9 Å². The molecule has 0 saturated heterocycles. The van der Waals surface area contributed by atoms with Crippen LogP contribution in [0.2, 0.25) is 0 Å². The summed E-state index contributed by atoms with van der Waals surface area (Å²) in [5.41, 5.74) is 0. The number of carbonyl (C=O) groups excluding carboxylic acids is 2. The fourth-order valence-electron chi connectivity index (χ4n) is 1.83. The molecule has 1 aliphatic carbocycles. The molecule has 0 aliphatic heterocycles. The summed E-state index contributed by atoms with van der Waals surface area (Å²) in [5, 5.41) is 0. The first-order valence-corrected chi connectivity index (χ1v) is 5.69. The van der Waals surface area contributed by atoms with Gasteiger partial charge in [-0.25, -0.2) is 0 Å². The average Bonchev–Trinajstić information content (AvgIpc) is 2.80. The van der Waals surface area contributed by atoms with Gasteiger partial charge in [0.25, 0.3) is 0 Å². The lowest BCUT2D eigenvalue weighted by Crippen LogP contribution is -2.40. The number of ether oxygens (including phenoxy) is 1. The maximum Gasteiger partial charge on any atom is 0.325 e. The summed E-state index contributed by atoms with van der Waals surface area (Å²) in [4.78, 5) is 24.9. The third-order valence-electron chi connectivity index (χ3n) is 2.71. The van der Waals surface area contributed by atoms with E-state index in [0.717, 1.165) is 19.3 Å². The smallest absolute Gasteiger partial charge is 0.325 e. The Bertz CT molecular complexity index is 278. The fourth-order valence-corrected chi connectivity index (χ4v) is 1.83. The molecule has 4 nitrogen and oxygen atoms in total. The Kier molecular flexibility index (Phi) is 5.02. The van der Waals surface area contributed by atoms with E-state index < -0.39 is 0 Å². The van der Waals surface area contributed by atoms with Crippen LogP contribution in [0.5, 0.6) is 0 Å². The average molecular weight is 225 g/mol. The lowest BCUT2D eigenvalue weighted by molar-refractivity contribution is -0.148. The Labute approximate surface area is 96.3 Å². The highest BCUT2D eigenvalue weighted by Gasteiger charge is 2.25. The topological polar surface area (TPSA) is 46.6 Å². The molecule has 0 unspecified atom stereocenters. The van der Waals surface area contributed by atoms with Crippen LogP contribution in [0.25, 0.3) is 0 Å². The molecule has 0 saturated carbocycles. The third kappa shape index (κ3) is 3.36. The second-order valence-corrected chi connectivity index (χ2v) is 3.98. The van der Waals surface area contributed by atoms with Crippen LogP contribution in [-0.4, -0.2) is 37.0 Å².